The van der Waals surface area contributed by atoms with Gasteiger partial charge in [0, 0.05) is 5.38 Å². The Morgan fingerprint density at radius 1 is 1.82 bits per heavy atom. The molecule has 0 aliphatic rings. The van der Waals surface area contributed by atoms with E-state index >= 15 is 0 Å². The summed E-state index contributed by atoms with van der Waals surface area (Å²) in [6.07, 6.45) is 7.61. The number of hydrogen-bond donors (Lipinski definition) is 1. The fraction of sp³-hybridized carbons (Fsp3) is 0.300. The molecule has 1 atom stereocenters. The molecule has 88 valence electrons. The van der Waals surface area contributed by atoms with Crippen LogP contribution >= 0.6 is 11.3 Å². The molecule has 0 saturated heterocycles. The Morgan fingerprint density at radius 3 is 3.18 bits per heavy atom. The number of imidazole rings is 1. The first kappa shape index (κ1) is 11.4. The van der Waals surface area contributed by atoms with E-state index < -0.39 is 4.92 Å². The Hall–Kier alpha value is -2.07. The van der Waals surface area contributed by atoms with Crippen molar-refractivity contribution in [3.05, 3.63) is 21.7 Å². The van der Waals surface area contributed by atoms with Crippen LogP contribution in [-0.4, -0.2) is 20.3 Å². The summed E-state index contributed by atoms with van der Waals surface area (Å²) < 4.78 is 1.44. The van der Waals surface area contributed by atoms with Crippen molar-refractivity contribution in [2.45, 2.75) is 19.4 Å². The molecule has 0 saturated carbocycles. The molecular formula is C10H10N4O2S. The minimum absolute atomic E-state index is 0.0741. The zero-order valence-corrected chi connectivity index (χ0v) is 9.90. The number of anilines is 1. The van der Waals surface area contributed by atoms with E-state index in [4.69, 9.17) is 6.42 Å². The van der Waals surface area contributed by atoms with Crippen LogP contribution in [-0.2, 0) is 0 Å². The maximum absolute atomic E-state index is 11.0. The molecule has 0 bridgehead atoms. The predicted molar refractivity (Wildman–Crippen MR) is 66.3 cm³/mol. The zero-order valence-electron chi connectivity index (χ0n) is 9.08. The third kappa shape index (κ3) is 1.94. The summed E-state index contributed by atoms with van der Waals surface area (Å²) >= 11 is 1.34. The second-order valence-electron chi connectivity index (χ2n) is 3.37. The number of hydrogen-bond acceptors (Lipinski definition) is 5. The molecule has 1 N–H and O–H groups in total. The Morgan fingerprint density at radius 2 is 2.59 bits per heavy atom. The number of fused-ring (bicyclic) bond motifs is 1. The summed E-state index contributed by atoms with van der Waals surface area (Å²) in [7, 11) is 0. The number of nitro groups is 1. The molecule has 0 fully saturated rings. The van der Waals surface area contributed by atoms with Crippen molar-refractivity contribution >= 4 is 27.9 Å². The molecule has 2 heterocycles. The Labute approximate surface area is 101 Å². The smallest absolute Gasteiger partial charge is 0.358 e. The van der Waals surface area contributed by atoms with Crippen LogP contribution in [0, 0.1) is 22.5 Å². The van der Waals surface area contributed by atoms with Crippen LogP contribution in [0.15, 0.2) is 11.6 Å². The van der Waals surface area contributed by atoms with Gasteiger partial charge in [0.15, 0.2) is 0 Å². The first-order valence-electron chi connectivity index (χ1n) is 5.00. The molecule has 0 radical (unpaired) electrons. The average Bonchev–Trinajstić information content (AvgIpc) is 2.84. The van der Waals surface area contributed by atoms with Gasteiger partial charge in [-0.05, 0) is 11.3 Å². The van der Waals surface area contributed by atoms with E-state index in [9.17, 15) is 10.1 Å². The normalized spacial score (nSPS) is 12.2. The first-order valence-corrected chi connectivity index (χ1v) is 5.88. The fourth-order valence-corrected chi connectivity index (χ4v) is 2.18. The van der Waals surface area contributed by atoms with Crippen molar-refractivity contribution < 1.29 is 4.92 Å². The van der Waals surface area contributed by atoms with Gasteiger partial charge >= 0.3 is 5.82 Å². The lowest BCUT2D eigenvalue weighted by molar-refractivity contribution is -0.389. The second kappa shape index (κ2) is 4.43. The summed E-state index contributed by atoms with van der Waals surface area (Å²) in [6, 6.07) is -0.252. The molecule has 0 amide bonds. The number of nitrogens with one attached hydrogen (secondary N) is 1. The number of aromatic nitrogens is 2. The Balaban J connectivity index is 2.46. The molecule has 7 heteroatoms. The van der Waals surface area contributed by atoms with Crippen LogP contribution in [0.4, 0.5) is 11.6 Å². The highest BCUT2D eigenvalue weighted by Crippen LogP contribution is 2.28. The summed E-state index contributed by atoms with van der Waals surface area (Å²) in [5.41, 5.74) is 0. The van der Waals surface area contributed by atoms with Crippen molar-refractivity contribution in [3.8, 4) is 12.3 Å². The van der Waals surface area contributed by atoms with Crippen molar-refractivity contribution in [1.29, 1.82) is 0 Å². The maximum Gasteiger partial charge on any atom is 0.372 e. The van der Waals surface area contributed by atoms with Crippen LogP contribution in [0.3, 0.4) is 0 Å². The van der Waals surface area contributed by atoms with Crippen LogP contribution in [0.25, 0.3) is 4.96 Å². The second-order valence-corrected chi connectivity index (χ2v) is 4.24. The van der Waals surface area contributed by atoms with E-state index in [1.807, 2.05) is 6.92 Å². The van der Waals surface area contributed by atoms with Gasteiger partial charge in [0.05, 0.1) is 6.04 Å². The fourth-order valence-electron chi connectivity index (χ4n) is 1.47. The van der Waals surface area contributed by atoms with Gasteiger partial charge in [0.1, 0.15) is 6.20 Å². The SMILES string of the molecule is C#CC(CC)Nc1nc2sccn2c1[N+](=O)[O-]. The van der Waals surface area contributed by atoms with Crippen LogP contribution < -0.4 is 5.32 Å². The van der Waals surface area contributed by atoms with Crippen molar-refractivity contribution in [3.63, 3.8) is 0 Å². The molecule has 0 aliphatic heterocycles. The highest BCUT2D eigenvalue weighted by molar-refractivity contribution is 7.15. The molecular weight excluding hydrogens is 240 g/mol. The number of rotatable bonds is 4. The van der Waals surface area contributed by atoms with E-state index in [1.165, 1.54) is 15.7 Å². The topological polar surface area (TPSA) is 72.5 Å². The Kier molecular flexibility index (Phi) is 2.97. The van der Waals surface area contributed by atoms with Gasteiger partial charge in [0.2, 0.25) is 5.82 Å². The largest absolute Gasteiger partial charge is 0.372 e. The first-order chi connectivity index (χ1) is 8.17. The molecule has 6 nitrogen and oxygen atoms in total. The predicted octanol–water partition coefficient (Wildman–Crippen LogP) is 2.13. The number of terminal acetylenes is 1. The van der Waals surface area contributed by atoms with Gasteiger partial charge in [-0.15, -0.1) is 6.42 Å². The zero-order chi connectivity index (χ0) is 12.4. The molecule has 2 rings (SSSR count). The molecule has 0 spiro atoms. The molecule has 2 aromatic rings. The van der Waals surface area contributed by atoms with E-state index in [2.05, 4.69) is 16.2 Å². The lowest BCUT2D eigenvalue weighted by Gasteiger charge is -2.08. The molecule has 1 unspecified atom stereocenters. The lowest BCUT2D eigenvalue weighted by atomic mass is 10.2. The van der Waals surface area contributed by atoms with Crippen LogP contribution in [0.2, 0.25) is 0 Å². The van der Waals surface area contributed by atoms with E-state index in [0.29, 0.717) is 11.4 Å². The number of thiazole rings is 1. The van der Waals surface area contributed by atoms with Gasteiger partial charge in [-0.1, -0.05) is 24.2 Å². The van der Waals surface area contributed by atoms with Gasteiger partial charge < -0.3 is 15.4 Å². The van der Waals surface area contributed by atoms with Gasteiger partial charge in [-0.3, -0.25) is 0 Å². The third-order valence-corrected chi connectivity index (χ3v) is 3.09. The summed E-state index contributed by atoms with van der Waals surface area (Å²) in [4.78, 5) is 15.3. The summed E-state index contributed by atoms with van der Waals surface area (Å²) in [6.45, 7) is 1.90. The van der Waals surface area contributed by atoms with Crippen molar-refractivity contribution in [1.82, 2.24) is 9.38 Å². The van der Waals surface area contributed by atoms with Crippen molar-refractivity contribution in [2.24, 2.45) is 0 Å². The van der Waals surface area contributed by atoms with Gasteiger partial charge in [-0.25, -0.2) is 0 Å². The number of nitrogens with zero attached hydrogens (tertiary/aromatic N) is 3. The minimum atomic E-state index is -0.460. The van der Waals surface area contributed by atoms with E-state index in [0.717, 1.165) is 0 Å². The monoisotopic (exact) mass is 250 g/mol. The molecule has 0 aliphatic carbocycles. The lowest BCUT2D eigenvalue weighted by Crippen LogP contribution is -2.16. The van der Waals surface area contributed by atoms with Crippen LogP contribution in [0.1, 0.15) is 13.3 Å². The van der Waals surface area contributed by atoms with Gasteiger partial charge in [0.25, 0.3) is 4.96 Å². The quantitative estimate of drug-likeness (QED) is 0.512. The maximum atomic E-state index is 11.0. The van der Waals surface area contributed by atoms with E-state index in [-0.39, 0.29) is 17.7 Å². The molecule has 2 aromatic heterocycles. The standard InChI is InChI=1S/C10H10N4O2S/c1-3-7(4-2)11-8-9(14(15)16)13-5-6-17-10(13)12-8/h1,5-7,11H,4H2,2H3. The summed E-state index contributed by atoms with van der Waals surface area (Å²) in [5.74, 6) is 2.68. The minimum Gasteiger partial charge on any atom is -0.358 e. The van der Waals surface area contributed by atoms with E-state index in [1.54, 1.807) is 11.6 Å². The van der Waals surface area contributed by atoms with Crippen LogP contribution in [0.5, 0.6) is 0 Å². The third-order valence-electron chi connectivity index (χ3n) is 2.33. The summed E-state index contributed by atoms with van der Waals surface area (Å²) in [5, 5.41) is 15.7. The van der Waals surface area contributed by atoms with Crippen molar-refractivity contribution in [2.75, 3.05) is 5.32 Å². The Bertz CT molecular complexity index is 595. The average molecular weight is 250 g/mol. The highest BCUT2D eigenvalue weighted by Gasteiger charge is 2.24. The highest BCUT2D eigenvalue weighted by atomic mass is 32.1. The van der Waals surface area contributed by atoms with Gasteiger partial charge in [-0.2, -0.15) is 9.38 Å². The molecule has 17 heavy (non-hydrogen) atoms. The molecule has 0 aromatic carbocycles.